The van der Waals surface area contributed by atoms with Gasteiger partial charge in [-0.15, -0.1) is 0 Å². The lowest BCUT2D eigenvalue weighted by molar-refractivity contribution is -0.144. The highest BCUT2D eigenvalue weighted by molar-refractivity contribution is 7.80. The van der Waals surface area contributed by atoms with Gasteiger partial charge in [0.15, 0.2) is 10.2 Å². The highest BCUT2D eigenvalue weighted by atomic mass is 32.1. The highest BCUT2D eigenvalue weighted by Crippen LogP contribution is 2.52. The van der Waals surface area contributed by atoms with Crippen molar-refractivity contribution in [2.24, 2.45) is 11.3 Å². The molecule has 2 saturated heterocycles. The summed E-state index contributed by atoms with van der Waals surface area (Å²) < 4.78 is 51.7. The molecule has 3 aliphatic heterocycles. The van der Waals surface area contributed by atoms with Crippen LogP contribution in [0.1, 0.15) is 36.1 Å². The molecule has 1 amide bonds. The molecule has 3 fully saturated rings. The summed E-state index contributed by atoms with van der Waals surface area (Å²) in [5.41, 5.74) is -0.492. The summed E-state index contributed by atoms with van der Waals surface area (Å²) >= 11 is 11.4. The third kappa shape index (κ3) is 5.59. The van der Waals surface area contributed by atoms with Gasteiger partial charge in [0.1, 0.15) is 6.10 Å². The van der Waals surface area contributed by atoms with Crippen molar-refractivity contribution < 1.29 is 27.4 Å². The van der Waals surface area contributed by atoms with E-state index in [1.807, 2.05) is 4.90 Å². The molecular formula is C27H37F3N6O3S2. The lowest BCUT2D eigenvalue weighted by Crippen LogP contribution is -2.58. The van der Waals surface area contributed by atoms with Crippen LogP contribution in [0.5, 0.6) is 0 Å². The highest BCUT2D eigenvalue weighted by Gasteiger charge is 2.61. The Kier molecular flexibility index (Phi) is 8.66. The number of pyridine rings is 1. The largest absolute Gasteiger partial charge is 0.417 e. The molecule has 1 aliphatic carbocycles. The Balaban J connectivity index is 1.45. The van der Waals surface area contributed by atoms with Crippen molar-refractivity contribution in [3.05, 3.63) is 29.1 Å². The van der Waals surface area contributed by atoms with Gasteiger partial charge in [0.2, 0.25) is 5.91 Å². The summed E-state index contributed by atoms with van der Waals surface area (Å²) in [4.78, 5) is 24.6. The number of aromatic nitrogens is 1. The van der Waals surface area contributed by atoms with Crippen LogP contribution in [0.3, 0.4) is 0 Å². The molecule has 4 aliphatic rings. The Bertz CT molecular complexity index is 1190. The van der Waals surface area contributed by atoms with Gasteiger partial charge in [0.05, 0.1) is 23.6 Å². The monoisotopic (exact) mass is 614 g/mol. The van der Waals surface area contributed by atoms with Gasteiger partial charge in [-0.2, -0.15) is 13.2 Å². The second-order valence-electron chi connectivity index (χ2n) is 11.4. The molecule has 9 nitrogen and oxygen atoms in total. The number of alkyl halides is 3. The van der Waals surface area contributed by atoms with E-state index in [0.717, 1.165) is 25.1 Å². The number of hydrogen-bond donors (Lipinski definition) is 2. The standard InChI is InChI=1S/C27H37F3N6O3S2/c1-31-24(40)35-13-18-9-19(36(25(41)32-2)21-5-7-39-14-22(21)38-3)10-26(18,15-35)23(37)34-6-4-20-16(12-34)8-17(11-33-20)27(28,29)30/h8,11,18-19,21-22H,4-7,9-10,12-15H2,1-3H3,(H,31,40)(H,32,41)/t18-,19+,21?,22?,26-/m0/s1. The number of fused-ring (bicyclic) bond motifs is 2. The van der Waals surface area contributed by atoms with Crippen LogP contribution in [-0.4, -0.2) is 108 Å². The fraction of sp³-hybridized carbons (Fsp3) is 0.704. The lowest BCUT2D eigenvalue weighted by atomic mass is 9.78. The number of carbonyl (C=O) groups excluding carboxylic acids is 1. The van der Waals surface area contributed by atoms with Crippen molar-refractivity contribution in [1.29, 1.82) is 0 Å². The summed E-state index contributed by atoms with van der Waals surface area (Å²) in [5, 5.41) is 7.37. The van der Waals surface area contributed by atoms with E-state index in [2.05, 4.69) is 20.5 Å². The second kappa shape index (κ2) is 11.8. The number of ether oxygens (including phenoxy) is 2. The maximum Gasteiger partial charge on any atom is 0.417 e. The molecule has 5 atom stereocenters. The Morgan fingerprint density at radius 1 is 1.27 bits per heavy atom. The van der Waals surface area contributed by atoms with E-state index in [9.17, 15) is 18.0 Å². The van der Waals surface area contributed by atoms with Gasteiger partial charge >= 0.3 is 6.18 Å². The number of methoxy groups -OCH3 is 1. The topological polar surface area (TPSA) is 82.2 Å². The van der Waals surface area contributed by atoms with Crippen molar-refractivity contribution in [1.82, 2.24) is 30.3 Å². The SMILES string of the molecule is CNC(=S)N1C[C@@H]2C[C@@H](N(C(=S)NC)C3CCOCC3OC)C[C@]2(C(=O)N2CCc3ncc(C(F)(F)F)cc3C2)C1. The van der Waals surface area contributed by atoms with Gasteiger partial charge < -0.3 is 34.8 Å². The maximum atomic E-state index is 14.5. The van der Waals surface area contributed by atoms with Crippen molar-refractivity contribution in [2.75, 3.05) is 54.1 Å². The van der Waals surface area contributed by atoms with Gasteiger partial charge in [0.25, 0.3) is 0 Å². The number of hydrogen-bond acceptors (Lipinski definition) is 6. The van der Waals surface area contributed by atoms with Crippen molar-refractivity contribution >= 4 is 40.6 Å². The quantitative estimate of drug-likeness (QED) is 0.493. The molecule has 0 spiro atoms. The van der Waals surface area contributed by atoms with Crippen LogP contribution in [0.15, 0.2) is 12.3 Å². The number of nitrogens with zero attached hydrogens (tertiary/aromatic N) is 4. The van der Waals surface area contributed by atoms with E-state index in [-0.39, 0.29) is 36.6 Å². The first-order chi connectivity index (χ1) is 19.5. The van der Waals surface area contributed by atoms with Gasteiger partial charge in [-0.1, -0.05) is 0 Å². The average Bonchev–Trinajstić information content (AvgIpc) is 3.51. The fourth-order valence-corrected chi connectivity index (χ4v) is 7.65. The molecule has 0 bridgehead atoms. The van der Waals surface area contributed by atoms with E-state index >= 15 is 0 Å². The molecule has 0 radical (unpaired) electrons. The zero-order valence-electron chi connectivity index (χ0n) is 23.5. The molecule has 1 aromatic rings. The molecule has 226 valence electrons. The second-order valence-corrected chi connectivity index (χ2v) is 12.1. The van der Waals surface area contributed by atoms with Crippen LogP contribution >= 0.6 is 24.4 Å². The van der Waals surface area contributed by atoms with E-state index in [4.69, 9.17) is 33.9 Å². The smallest absolute Gasteiger partial charge is 0.379 e. The fourth-order valence-electron chi connectivity index (χ4n) is 7.22. The molecule has 1 aromatic heterocycles. The Morgan fingerprint density at radius 2 is 2.05 bits per heavy atom. The predicted octanol–water partition coefficient (Wildman–Crippen LogP) is 2.18. The van der Waals surface area contributed by atoms with E-state index in [0.29, 0.717) is 67.2 Å². The number of nitrogens with one attached hydrogen (secondary N) is 2. The van der Waals surface area contributed by atoms with E-state index in [1.165, 1.54) is 0 Å². The minimum atomic E-state index is -4.50. The van der Waals surface area contributed by atoms with Gasteiger partial charge in [0, 0.05) is 78.3 Å². The average molecular weight is 615 g/mol. The van der Waals surface area contributed by atoms with Crippen LogP contribution in [0.25, 0.3) is 0 Å². The van der Waals surface area contributed by atoms with Crippen molar-refractivity contribution in [3.63, 3.8) is 0 Å². The summed E-state index contributed by atoms with van der Waals surface area (Å²) in [6, 6.07) is 1.10. The minimum absolute atomic E-state index is 0.00433. The van der Waals surface area contributed by atoms with Crippen LogP contribution in [0.4, 0.5) is 13.2 Å². The molecule has 2 N–H and O–H groups in total. The maximum absolute atomic E-state index is 14.5. The van der Waals surface area contributed by atoms with Crippen molar-refractivity contribution in [2.45, 2.75) is 56.6 Å². The zero-order chi connectivity index (χ0) is 29.5. The number of amides is 1. The first kappa shape index (κ1) is 30.2. The molecule has 4 heterocycles. The molecule has 14 heteroatoms. The number of likely N-dealkylation sites (tertiary alicyclic amines) is 1. The van der Waals surface area contributed by atoms with E-state index < -0.39 is 17.2 Å². The summed E-state index contributed by atoms with van der Waals surface area (Å²) in [7, 11) is 5.24. The third-order valence-electron chi connectivity index (χ3n) is 9.20. The summed E-state index contributed by atoms with van der Waals surface area (Å²) in [6.07, 6.45) is -1.34. The number of carbonyl (C=O) groups is 1. The Morgan fingerprint density at radius 3 is 2.73 bits per heavy atom. The molecule has 2 unspecified atom stereocenters. The third-order valence-corrected chi connectivity index (χ3v) is 10.1. The molecule has 0 aromatic carbocycles. The summed E-state index contributed by atoms with van der Waals surface area (Å²) in [6.45, 7) is 2.63. The lowest BCUT2D eigenvalue weighted by Gasteiger charge is -2.44. The van der Waals surface area contributed by atoms with Crippen LogP contribution in [-0.2, 0) is 33.4 Å². The minimum Gasteiger partial charge on any atom is -0.379 e. The van der Waals surface area contributed by atoms with Gasteiger partial charge in [-0.3, -0.25) is 9.78 Å². The number of halogens is 3. The van der Waals surface area contributed by atoms with Crippen LogP contribution < -0.4 is 10.6 Å². The zero-order valence-corrected chi connectivity index (χ0v) is 25.1. The molecule has 1 saturated carbocycles. The number of thiocarbonyl (C=S) groups is 2. The van der Waals surface area contributed by atoms with E-state index in [1.54, 1.807) is 26.1 Å². The normalized spacial score (nSPS) is 29.5. The molecule has 41 heavy (non-hydrogen) atoms. The first-order valence-electron chi connectivity index (χ1n) is 13.9. The molecular weight excluding hydrogens is 577 g/mol. The first-order valence-corrected chi connectivity index (χ1v) is 14.8. The van der Waals surface area contributed by atoms with Crippen molar-refractivity contribution in [3.8, 4) is 0 Å². The number of rotatable bonds is 4. The predicted molar refractivity (Wildman–Crippen MR) is 154 cm³/mol. The van der Waals surface area contributed by atoms with Gasteiger partial charge in [-0.05, 0) is 61.2 Å². The molecule has 5 rings (SSSR count). The van der Waals surface area contributed by atoms with Crippen LogP contribution in [0.2, 0.25) is 0 Å². The Labute approximate surface area is 249 Å². The van der Waals surface area contributed by atoms with Crippen LogP contribution in [0, 0.1) is 11.3 Å². The Hall–Kier alpha value is -2.29. The van der Waals surface area contributed by atoms with Gasteiger partial charge in [-0.25, -0.2) is 0 Å². The summed E-state index contributed by atoms with van der Waals surface area (Å²) in [5.74, 6) is -0.0459.